The van der Waals surface area contributed by atoms with Crippen molar-refractivity contribution >= 4 is 24.0 Å². The molecule has 1 saturated carbocycles. The predicted octanol–water partition coefficient (Wildman–Crippen LogP) is 3.64. The molecule has 2 nitrogen and oxygen atoms in total. The molecule has 3 heteroatoms. The summed E-state index contributed by atoms with van der Waals surface area (Å²) in [6, 6.07) is 2.08. The maximum absolute atomic E-state index is 11.5. The van der Waals surface area contributed by atoms with E-state index >= 15 is 0 Å². The average Bonchev–Trinajstić information content (AvgIpc) is 2.78. The first-order valence-corrected chi connectivity index (χ1v) is 6.29. The molecule has 1 aliphatic carbocycles. The van der Waals surface area contributed by atoms with E-state index in [-0.39, 0.29) is 5.91 Å². The highest BCUT2D eigenvalue weighted by molar-refractivity contribution is 7.12. The molecule has 0 unspecified atom stereocenters. The first-order chi connectivity index (χ1) is 7.33. The Balaban J connectivity index is 2.23. The van der Waals surface area contributed by atoms with Crippen LogP contribution in [0.25, 0.3) is 0 Å². The Kier molecular flexibility index (Phi) is 3.31. The standard InChI is InChI=1S/C12H15NOS/c1-13-12(14)11-10(7-8-15-11)9-5-3-2-4-6-9/h7-9H,1-6H2. The Labute approximate surface area is 94.0 Å². The SMILES string of the molecule is C=NC(=O)c1sccc1C1CCCCC1. The molecule has 1 aromatic rings. The summed E-state index contributed by atoms with van der Waals surface area (Å²) in [6.45, 7) is 3.31. The van der Waals surface area contributed by atoms with Crippen molar-refractivity contribution in [1.29, 1.82) is 0 Å². The lowest BCUT2D eigenvalue weighted by molar-refractivity contribution is 0.101. The summed E-state index contributed by atoms with van der Waals surface area (Å²) in [6.07, 6.45) is 6.34. The predicted molar refractivity (Wildman–Crippen MR) is 64.0 cm³/mol. The van der Waals surface area contributed by atoms with Gasteiger partial charge in [-0.3, -0.25) is 4.79 Å². The van der Waals surface area contributed by atoms with Crippen molar-refractivity contribution < 1.29 is 4.79 Å². The minimum absolute atomic E-state index is 0.162. The Morgan fingerprint density at radius 2 is 2.13 bits per heavy atom. The van der Waals surface area contributed by atoms with Gasteiger partial charge < -0.3 is 0 Å². The number of rotatable bonds is 2. The van der Waals surface area contributed by atoms with Crippen LogP contribution in [-0.2, 0) is 0 Å². The zero-order valence-corrected chi connectivity index (χ0v) is 9.55. The molecule has 0 atom stereocenters. The summed E-state index contributed by atoms with van der Waals surface area (Å²) in [5, 5.41) is 1.99. The molecule has 0 N–H and O–H groups in total. The van der Waals surface area contributed by atoms with E-state index in [1.54, 1.807) is 0 Å². The second-order valence-corrected chi connectivity index (χ2v) is 4.92. The number of carbonyl (C=O) groups excluding carboxylic acids is 1. The van der Waals surface area contributed by atoms with Crippen LogP contribution in [0.4, 0.5) is 0 Å². The van der Waals surface area contributed by atoms with Crippen LogP contribution in [0.5, 0.6) is 0 Å². The van der Waals surface area contributed by atoms with Crippen LogP contribution < -0.4 is 0 Å². The van der Waals surface area contributed by atoms with Crippen molar-refractivity contribution in [2.45, 2.75) is 38.0 Å². The fourth-order valence-corrected chi connectivity index (χ4v) is 3.19. The normalized spacial score (nSPS) is 17.6. The highest BCUT2D eigenvalue weighted by Crippen LogP contribution is 2.36. The van der Waals surface area contributed by atoms with Crippen LogP contribution in [0, 0.1) is 0 Å². The van der Waals surface area contributed by atoms with Gasteiger partial charge in [-0.15, -0.1) is 11.3 Å². The summed E-state index contributed by atoms with van der Waals surface area (Å²) >= 11 is 1.49. The van der Waals surface area contributed by atoms with Gasteiger partial charge in [-0.2, -0.15) is 0 Å². The van der Waals surface area contributed by atoms with E-state index < -0.39 is 0 Å². The quantitative estimate of drug-likeness (QED) is 0.701. The summed E-state index contributed by atoms with van der Waals surface area (Å²) in [5.41, 5.74) is 1.21. The van der Waals surface area contributed by atoms with Gasteiger partial charge in [-0.1, -0.05) is 19.3 Å². The monoisotopic (exact) mass is 221 g/mol. The first kappa shape index (κ1) is 10.6. The topological polar surface area (TPSA) is 29.4 Å². The molecule has 1 aromatic heterocycles. The second-order valence-electron chi connectivity index (χ2n) is 4.00. The third-order valence-electron chi connectivity index (χ3n) is 3.08. The van der Waals surface area contributed by atoms with Gasteiger partial charge in [0.2, 0.25) is 0 Å². The number of carbonyl (C=O) groups is 1. The Bertz CT molecular complexity index is 363. The number of hydrogen-bond acceptors (Lipinski definition) is 2. The van der Waals surface area contributed by atoms with E-state index in [1.807, 2.05) is 5.38 Å². The van der Waals surface area contributed by atoms with Crippen LogP contribution in [0.1, 0.15) is 53.3 Å². The molecule has 0 bridgehead atoms. The summed E-state index contributed by atoms with van der Waals surface area (Å²) in [4.78, 5) is 15.8. The Morgan fingerprint density at radius 1 is 1.40 bits per heavy atom. The van der Waals surface area contributed by atoms with Crippen molar-refractivity contribution in [1.82, 2.24) is 0 Å². The van der Waals surface area contributed by atoms with Gasteiger partial charge in [0.15, 0.2) is 0 Å². The first-order valence-electron chi connectivity index (χ1n) is 5.41. The lowest BCUT2D eigenvalue weighted by atomic mass is 9.84. The maximum Gasteiger partial charge on any atom is 0.286 e. The molecule has 15 heavy (non-hydrogen) atoms. The highest BCUT2D eigenvalue weighted by atomic mass is 32.1. The Hall–Kier alpha value is -0.960. The summed E-state index contributed by atoms with van der Waals surface area (Å²) < 4.78 is 0. The summed E-state index contributed by atoms with van der Waals surface area (Å²) in [5.74, 6) is 0.413. The van der Waals surface area contributed by atoms with Crippen LogP contribution in [-0.4, -0.2) is 12.6 Å². The molecule has 0 saturated heterocycles. The van der Waals surface area contributed by atoms with E-state index in [9.17, 15) is 4.79 Å². The largest absolute Gasteiger partial charge is 0.286 e. The van der Waals surface area contributed by atoms with Crippen molar-refractivity contribution in [2.75, 3.05) is 0 Å². The zero-order valence-electron chi connectivity index (χ0n) is 8.74. The van der Waals surface area contributed by atoms with E-state index in [4.69, 9.17) is 0 Å². The van der Waals surface area contributed by atoms with Crippen molar-refractivity contribution in [2.24, 2.45) is 4.99 Å². The molecule has 0 aliphatic heterocycles. The molecule has 1 fully saturated rings. The molecule has 80 valence electrons. The van der Waals surface area contributed by atoms with Gasteiger partial charge in [0.05, 0.1) is 4.88 Å². The van der Waals surface area contributed by atoms with E-state index in [1.165, 1.54) is 49.0 Å². The van der Waals surface area contributed by atoms with Crippen molar-refractivity contribution in [3.05, 3.63) is 21.9 Å². The van der Waals surface area contributed by atoms with Gasteiger partial charge >= 0.3 is 0 Å². The number of thiophene rings is 1. The molecule has 1 amide bonds. The molecule has 1 aliphatic rings. The lowest BCUT2D eigenvalue weighted by Gasteiger charge is -2.21. The van der Waals surface area contributed by atoms with Crippen LogP contribution in [0.15, 0.2) is 16.4 Å². The van der Waals surface area contributed by atoms with Crippen molar-refractivity contribution in [3.63, 3.8) is 0 Å². The van der Waals surface area contributed by atoms with Gasteiger partial charge in [-0.05, 0) is 42.5 Å². The number of aliphatic imine (C=N–C) groups is 1. The minimum Gasteiger partial charge on any atom is -0.266 e. The number of amides is 1. The van der Waals surface area contributed by atoms with E-state index in [0.29, 0.717) is 5.92 Å². The molecule has 0 aromatic carbocycles. The Morgan fingerprint density at radius 3 is 2.80 bits per heavy atom. The third kappa shape index (κ3) is 2.17. The van der Waals surface area contributed by atoms with Gasteiger partial charge in [-0.25, -0.2) is 4.99 Å². The highest BCUT2D eigenvalue weighted by Gasteiger charge is 2.21. The zero-order chi connectivity index (χ0) is 10.7. The molecule has 0 spiro atoms. The molecule has 0 radical (unpaired) electrons. The minimum atomic E-state index is -0.162. The van der Waals surface area contributed by atoms with E-state index in [2.05, 4.69) is 17.8 Å². The number of nitrogens with zero attached hydrogens (tertiary/aromatic N) is 1. The fourth-order valence-electron chi connectivity index (χ4n) is 2.30. The maximum atomic E-state index is 11.5. The average molecular weight is 221 g/mol. The summed E-state index contributed by atoms with van der Waals surface area (Å²) in [7, 11) is 0. The third-order valence-corrected chi connectivity index (χ3v) is 4.00. The fraction of sp³-hybridized carbons (Fsp3) is 0.500. The molecular formula is C12H15NOS. The van der Waals surface area contributed by atoms with Crippen molar-refractivity contribution in [3.8, 4) is 0 Å². The molecular weight excluding hydrogens is 206 g/mol. The van der Waals surface area contributed by atoms with Crippen LogP contribution >= 0.6 is 11.3 Å². The second kappa shape index (κ2) is 4.71. The smallest absolute Gasteiger partial charge is 0.266 e. The van der Waals surface area contributed by atoms with E-state index in [0.717, 1.165) is 4.88 Å². The van der Waals surface area contributed by atoms with Crippen LogP contribution in [0.2, 0.25) is 0 Å². The van der Waals surface area contributed by atoms with Crippen LogP contribution in [0.3, 0.4) is 0 Å². The molecule has 1 heterocycles. The van der Waals surface area contributed by atoms with Gasteiger partial charge in [0, 0.05) is 0 Å². The van der Waals surface area contributed by atoms with Gasteiger partial charge in [0.25, 0.3) is 5.91 Å². The lowest BCUT2D eigenvalue weighted by Crippen LogP contribution is -2.07. The van der Waals surface area contributed by atoms with Gasteiger partial charge in [0.1, 0.15) is 0 Å². The number of hydrogen-bond donors (Lipinski definition) is 0. The molecule has 2 rings (SSSR count).